The van der Waals surface area contributed by atoms with E-state index in [0.29, 0.717) is 44.3 Å². The topological polar surface area (TPSA) is 108 Å². The Morgan fingerprint density at radius 2 is 1.59 bits per heavy atom. The van der Waals surface area contributed by atoms with E-state index in [-0.39, 0.29) is 24.8 Å². The number of benzene rings is 2. The van der Waals surface area contributed by atoms with Crippen molar-refractivity contribution >= 4 is 17.8 Å². The van der Waals surface area contributed by atoms with Crippen LogP contribution in [-0.2, 0) is 18.9 Å². The molecule has 0 bridgehead atoms. The molecule has 10 heteroatoms. The van der Waals surface area contributed by atoms with Crippen molar-refractivity contribution in [2.45, 2.75) is 24.4 Å². The summed E-state index contributed by atoms with van der Waals surface area (Å²) < 4.78 is 28.2. The number of hydrogen-bond donors (Lipinski definition) is 2. The van der Waals surface area contributed by atoms with Crippen LogP contribution < -0.4 is 15.4 Å². The molecule has 3 fully saturated rings. The zero-order chi connectivity index (χ0) is 23.3. The summed E-state index contributed by atoms with van der Waals surface area (Å²) in [5.74, 6) is 1.39. The molecule has 0 saturated carbocycles. The number of anilines is 1. The molecule has 0 aliphatic carbocycles. The summed E-state index contributed by atoms with van der Waals surface area (Å²) in [7, 11) is 0. The van der Waals surface area contributed by atoms with Crippen LogP contribution in [0, 0.1) is 0 Å². The second kappa shape index (κ2) is 10.3. The van der Waals surface area contributed by atoms with E-state index in [0.717, 1.165) is 5.75 Å². The van der Waals surface area contributed by atoms with E-state index in [2.05, 4.69) is 10.6 Å². The third kappa shape index (κ3) is 5.24. The number of ether oxygens (including phenoxy) is 5. The maximum absolute atomic E-state index is 12.5. The number of para-hydroxylation sites is 1. The lowest BCUT2D eigenvalue weighted by Crippen LogP contribution is -2.52. The van der Waals surface area contributed by atoms with Crippen molar-refractivity contribution in [2.24, 2.45) is 0 Å². The number of nitrogens with zero attached hydrogens (tertiary/aromatic N) is 1. The number of amides is 3. The highest BCUT2D eigenvalue weighted by Gasteiger charge is 2.50. The number of urea groups is 1. The monoisotopic (exact) mass is 469 g/mol. The van der Waals surface area contributed by atoms with Crippen molar-refractivity contribution in [3.05, 3.63) is 54.6 Å². The summed E-state index contributed by atoms with van der Waals surface area (Å²) in [5, 5.41) is 5.68. The molecule has 2 N–H and O–H groups in total. The van der Waals surface area contributed by atoms with Gasteiger partial charge in [0.25, 0.3) is 0 Å². The van der Waals surface area contributed by atoms with Gasteiger partial charge < -0.3 is 33.9 Å². The molecule has 2 aromatic rings. The Hall–Kier alpha value is -3.34. The maximum atomic E-state index is 12.5. The third-order valence-corrected chi connectivity index (χ3v) is 5.95. The van der Waals surface area contributed by atoms with Crippen molar-refractivity contribution in [1.82, 2.24) is 10.2 Å². The zero-order valence-electron chi connectivity index (χ0n) is 18.6. The normalized spacial score (nSPS) is 25.9. The van der Waals surface area contributed by atoms with Crippen LogP contribution in [0.15, 0.2) is 54.6 Å². The van der Waals surface area contributed by atoms with Gasteiger partial charge in [-0.15, -0.1) is 0 Å². The third-order valence-electron chi connectivity index (χ3n) is 5.95. The van der Waals surface area contributed by atoms with Gasteiger partial charge in [0.2, 0.25) is 0 Å². The summed E-state index contributed by atoms with van der Waals surface area (Å²) in [6.07, 6.45) is -1.95. The number of carbonyl (C=O) groups excluding carboxylic acids is 2. The predicted octanol–water partition coefficient (Wildman–Crippen LogP) is 2.60. The number of nitrogens with one attached hydrogen (secondary N) is 2. The number of rotatable bonds is 5. The molecule has 34 heavy (non-hydrogen) atoms. The molecule has 10 nitrogen and oxygen atoms in total. The van der Waals surface area contributed by atoms with Crippen LogP contribution in [0.1, 0.15) is 0 Å². The van der Waals surface area contributed by atoms with Gasteiger partial charge in [-0.25, -0.2) is 9.59 Å². The Balaban J connectivity index is 1.09. The molecule has 5 rings (SSSR count). The fourth-order valence-corrected chi connectivity index (χ4v) is 4.22. The standard InChI is InChI=1S/C24H27N3O7/c28-23(27-10-12-30-13-11-27)26-19-14-31-22-20(15-32-21(19)22)34-24(29)25-16-6-8-18(9-7-16)33-17-4-2-1-3-5-17/h1-9,19-22H,10-15H2,(H,25,29)(H,26,28)/t19-,20-,21-,22+/m0/s1. The Kier molecular flexibility index (Phi) is 6.79. The van der Waals surface area contributed by atoms with Crippen molar-refractivity contribution in [3.8, 4) is 11.5 Å². The highest BCUT2D eigenvalue weighted by Crippen LogP contribution is 2.29. The van der Waals surface area contributed by atoms with Crippen molar-refractivity contribution in [3.63, 3.8) is 0 Å². The molecule has 3 aliphatic heterocycles. The first-order valence-corrected chi connectivity index (χ1v) is 11.3. The SMILES string of the molecule is O=C(Nc1ccc(Oc2ccccc2)cc1)O[C@H]1CO[C@@H]2[C@@H]1OC[C@@H]2NC(=O)N1CCOCC1. The van der Waals surface area contributed by atoms with Crippen LogP contribution >= 0.6 is 0 Å². The van der Waals surface area contributed by atoms with Gasteiger partial charge in [-0.1, -0.05) is 18.2 Å². The van der Waals surface area contributed by atoms with Crippen molar-refractivity contribution in [1.29, 1.82) is 0 Å². The molecule has 0 unspecified atom stereocenters. The van der Waals surface area contributed by atoms with Gasteiger partial charge >= 0.3 is 12.1 Å². The van der Waals surface area contributed by atoms with Crippen LogP contribution in [0.5, 0.6) is 11.5 Å². The number of carbonyl (C=O) groups is 2. The summed E-state index contributed by atoms with van der Waals surface area (Å²) in [5.41, 5.74) is 0.573. The van der Waals surface area contributed by atoms with Crippen LogP contribution in [0.4, 0.5) is 15.3 Å². The summed E-state index contributed by atoms with van der Waals surface area (Å²) in [6, 6.07) is 16.0. The first-order chi connectivity index (χ1) is 16.7. The highest BCUT2D eigenvalue weighted by atomic mass is 16.6. The minimum atomic E-state index is -0.601. The van der Waals surface area contributed by atoms with E-state index in [4.69, 9.17) is 23.7 Å². The lowest BCUT2D eigenvalue weighted by Gasteiger charge is -2.29. The average Bonchev–Trinajstić information content (AvgIpc) is 3.45. The van der Waals surface area contributed by atoms with Gasteiger partial charge in [0.1, 0.15) is 23.7 Å². The number of fused-ring (bicyclic) bond motifs is 1. The molecule has 2 aromatic carbocycles. The van der Waals surface area contributed by atoms with Gasteiger partial charge in [0.15, 0.2) is 6.10 Å². The van der Waals surface area contributed by atoms with Crippen LogP contribution in [0.3, 0.4) is 0 Å². The van der Waals surface area contributed by atoms with Gasteiger partial charge in [0, 0.05) is 18.8 Å². The molecule has 3 amide bonds. The molecule has 3 saturated heterocycles. The molecule has 0 radical (unpaired) electrons. The predicted molar refractivity (Wildman–Crippen MR) is 121 cm³/mol. The molecule has 180 valence electrons. The minimum absolute atomic E-state index is 0.164. The van der Waals surface area contributed by atoms with Crippen LogP contribution in [0.25, 0.3) is 0 Å². The molecular formula is C24H27N3O7. The van der Waals surface area contributed by atoms with Crippen molar-refractivity contribution in [2.75, 3.05) is 44.8 Å². The molecule has 0 aromatic heterocycles. The second-order valence-corrected chi connectivity index (χ2v) is 8.26. The first kappa shape index (κ1) is 22.5. The molecular weight excluding hydrogens is 442 g/mol. The first-order valence-electron chi connectivity index (χ1n) is 11.3. The molecule has 4 atom stereocenters. The summed E-state index contributed by atoms with van der Waals surface area (Å²) >= 11 is 0. The second-order valence-electron chi connectivity index (χ2n) is 8.26. The van der Waals surface area contributed by atoms with Gasteiger partial charge in [-0.05, 0) is 36.4 Å². The Morgan fingerprint density at radius 3 is 2.35 bits per heavy atom. The molecule has 0 spiro atoms. The smallest absolute Gasteiger partial charge is 0.412 e. The van der Waals surface area contributed by atoms with Crippen LogP contribution in [0.2, 0.25) is 0 Å². The number of hydrogen-bond acceptors (Lipinski definition) is 7. The van der Waals surface area contributed by atoms with E-state index < -0.39 is 18.3 Å². The fraction of sp³-hybridized carbons (Fsp3) is 0.417. The lowest BCUT2D eigenvalue weighted by molar-refractivity contribution is 0.00852. The highest BCUT2D eigenvalue weighted by molar-refractivity contribution is 5.84. The van der Waals surface area contributed by atoms with E-state index in [1.165, 1.54) is 0 Å². The molecule has 3 heterocycles. The minimum Gasteiger partial charge on any atom is -0.457 e. The Morgan fingerprint density at radius 1 is 0.882 bits per heavy atom. The van der Waals surface area contributed by atoms with E-state index in [1.807, 2.05) is 30.3 Å². The van der Waals surface area contributed by atoms with E-state index in [1.54, 1.807) is 29.2 Å². The average molecular weight is 469 g/mol. The molecule has 3 aliphatic rings. The summed E-state index contributed by atoms with van der Waals surface area (Å²) in [4.78, 5) is 26.6. The largest absolute Gasteiger partial charge is 0.457 e. The summed E-state index contributed by atoms with van der Waals surface area (Å²) in [6.45, 7) is 2.68. The quantitative estimate of drug-likeness (QED) is 0.693. The van der Waals surface area contributed by atoms with E-state index >= 15 is 0 Å². The number of morpholine rings is 1. The van der Waals surface area contributed by atoms with Crippen LogP contribution in [-0.4, -0.2) is 80.9 Å². The van der Waals surface area contributed by atoms with Gasteiger partial charge in [-0.3, -0.25) is 5.32 Å². The van der Waals surface area contributed by atoms with Crippen molar-refractivity contribution < 1.29 is 33.3 Å². The van der Waals surface area contributed by atoms with E-state index in [9.17, 15) is 9.59 Å². The Labute approximate surface area is 197 Å². The zero-order valence-corrected chi connectivity index (χ0v) is 18.6. The maximum Gasteiger partial charge on any atom is 0.412 e. The Bertz CT molecular complexity index is 982. The fourth-order valence-electron chi connectivity index (χ4n) is 4.22. The van der Waals surface area contributed by atoms with Gasteiger partial charge in [-0.2, -0.15) is 0 Å². The lowest BCUT2D eigenvalue weighted by atomic mass is 10.1. The van der Waals surface area contributed by atoms with Gasteiger partial charge in [0.05, 0.1) is 32.5 Å².